The third-order valence-corrected chi connectivity index (χ3v) is 8.03. The van der Waals surface area contributed by atoms with Crippen molar-refractivity contribution in [3.8, 4) is 10.4 Å². The molecule has 4 aromatic rings. The molecule has 6 nitrogen and oxygen atoms in total. The number of rotatable bonds is 4. The first kappa shape index (κ1) is 21.6. The van der Waals surface area contributed by atoms with Crippen molar-refractivity contribution >= 4 is 56.4 Å². The van der Waals surface area contributed by atoms with Gasteiger partial charge in [-0.1, -0.05) is 30.3 Å². The number of benzene rings is 2. The fraction of sp³-hybridized carbons (Fsp3) is 0.179. The Labute approximate surface area is 205 Å². The smallest absolute Gasteiger partial charge is 0.310 e. The van der Waals surface area contributed by atoms with Gasteiger partial charge >= 0.3 is 5.97 Å². The Kier molecular flexibility index (Phi) is 4.96. The number of thiophene rings is 1. The van der Waals surface area contributed by atoms with E-state index in [9.17, 15) is 19.5 Å². The van der Waals surface area contributed by atoms with E-state index in [1.54, 1.807) is 24.3 Å². The topological polar surface area (TPSA) is 99.3 Å². The van der Waals surface area contributed by atoms with Crippen LogP contribution in [0, 0.1) is 0 Å². The number of aliphatic carboxylic acids is 1. The maximum absolute atomic E-state index is 13.0. The van der Waals surface area contributed by atoms with Crippen molar-refractivity contribution in [1.82, 2.24) is 4.98 Å². The molecule has 1 amide bonds. The van der Waals surface area contributed by atoms with Gasteiger partial charge in [-0.15, -0.1) is 11.3 Å². The lowest BCUT2D eigenvalue weighted by molar-refractivity contribution is -0.138. The molecule has 0 saturated heterocycles. The molecule has 7 heteroatoms. The van der Waals surface area contributed by atoms with Gasteiger partial charge in [0.25, 0.3) is 5.91 Å². The zero-order chi connectivity index (χ0) is 24.3. The molecule has 0 spiro atoms. The van der Waals surface area contributed by atoms with Crippen molar-refractivity contribution in [3.63, 3.8) is 0 Å². The number of amides is 1. The highest BCUT2D eigenvalue weighted by Gasteiger charge is 2.32. The molecular formula is C28H22N2O4S. The minimum atomic E-state index is -1.01. The average Bonchev–Trinajstić information content (AvgIpc) is 3.52. The zero-order valence-electron chi connectivity index (χ0n) is 19.0. The Hall–Kier alpha value is -3.97. The minimum absolute atomic E-state index is 0.0421. The number of carbonyl (C=O) groups is 3. The summed E-state index contributed by atoms with van der Waals surface area (Å²) >= 11 is 1.70. The first-order valence-corrected chi connectivity index (χ1v) is 12.4. The molecule has 0 radical (unpaired) electrons. The van der Waals surface area contributed by atoms with Gasteiger partial charge in [-0.25, -0.2) is 0 Å². The lowest BCUT2D eigenvalue weighted by atomic mass is 9.87. The van der Waals surface area contributed by atoms with E-state index in [0.717, 1.165) is 33.8 Å². The number of fused-ring (bicyclic) bond motifs is 3. The van der Waals surface area contributed by atoms with Crippen LogP contribution in [0.2, 0.25) is 0 Å². The number of aryl methyl sites for hydroxylation is 1. The summed E-state index contributed by atoms with van der Waals surface area (Å²) in [6.45, 7) is 1.58. The van der Waals surface area contributed by atoms with Crippen LogP contribution in [-0.4, -0.2) is 27.8 Å². The number of ketones is 1. The van der Waals surface area contributed by atoms with E-state index < -0.39 is 11.9 Å². The second-order valence-corrected chi connectivity index (χ2v) is 10.1. The fourth-order valence-electron chi connectivity index (χ4n) is 5.09. The summed E-state index contributed by atoms with van der Waals surface area (Å²) in [5, 5.41) is 13.8. The number of H-pyrrole nitrogens is 1. The van der Waals surface area contributed by atoms with Crippen LogP contribution in [0.4, 0.5) is 5.69 Å². The third-order valence-electron chi connectivity index (χ3n) is 6.86. The van der Waals surface area contributed by atoms with E-state index in [1.807, 2.05) is 30.3 Å². The molecule has 1 unspecified atom stereocenters. The van der Waals surface area contributed by atoms with Gasteiger partial charge in [0.05, 0.1) is 11.5 Å². The van der Waals surface area contributed by atoms with Gasteiger partial charge in [0, 0.05) is 49.8 Å². The van der Waals surface area contributed by atoms with Crippen molar-refractivity contribution in [2.75, 3.05) is 5.32 Å². The number of aromatic nitrogens is 1. The monoisotopic (exact) mass is 482 g/mol. The highest BCUT2D eigenvalue weighted by atomic mass is 32.1. The molecular weight excluding hydrogens is 460 g/mol. The van der Waals surface area contributed by atoms with Crippen molar-refractivity contribution in [2.24, 2.45) is 0 Å². The summed E-state index contributed by atoms with van der Waals surface area (Å²) in [5.41, 5.74) is 5.18. The van der Waals surface area contributed by atoms with Crippen LogP contribution in [0.1, 0.15) is 58.6 Å². The predicted molar refractivity (Wildman–Crippen MR) is 138 cm³/mol. The zero-order valence-corrected chi connectivity index (χ0v) is 19.8. The van der Waals surface area contributed by atoms with Crippen molar-refractivity contribution in [2.45, 2.75) is 32.1 Å². The number of aromatic amines is 1. The Balaban J connectivity index is 1.44. The third kappa shape index (κ3) is 3.51. The number of nitrogens with one attached hydrogen (secondary N) is 2. The molecule has 6 rings (SSSR count). The van der Waals surface area contributed by atoms with Crippen LogP contribution in [0.3, 0.4) is 0 Å². The van der Waals surface area contributed by atoms with Gasteiger partial charge in [0.15, 0.2) is 5.78 Å². The van der Waals surface area contributed by atoms with Crippen LogP contribution < -0.4 is 5.32 Å². The first-order valence-electron chi connectivity index (χ1n) is 11.6. The quantitative estimate of drug-likeness (QED) is 0.306. The second-order valence-electron chi connectivity index (χ2n) is 9.06. The highest BCUT2D eigenvalue weighted by molar-refractivity contribution is 7.22. The number of hydrogen-bond donors (Lipinski definition) is 3. The van der Waals surface area contributed by atoms with Crippen LogP contribution >= 0.6 is 11.3 Å². The van der Waals surface area contributed by atoms with Crippen molar-refractivity contribution < 1.29 is 19.5 Å². The van der Waals surface area contributed by atoms with Gasteiger partial charge in [-0.05, 0) is 55.0 Å². The van der Waals surface area contributed by atoms with Gasteiger partial charge < -0.3 is 15.4 Å². The van der Waals surface area contributed by atoms with E-state index >= 15 is 0 Å². The Morgan fingerprint density at radius 1 is 1.11 bits per heavy atom. The van der Waals surface area contributed by atoms with Crippen LogP contribution in [0.25, 0.3) is 32.2 Å². The SMILES string of the molecule is CC(C(=O)O)c1c(/C=C2\C(=O)Nc3cc(-c4cc5ccccc5s4)ccc32)[nH]c2c1C(=O)CCC2. The summed E-state index contributed by atoms with van der Waals surface area (Å²) in [6, 6.07) is 16.3. The molecule has 1 aliphatic heterocycles. The maximum Gasteiger partial charge on any atom is 0.310 e. The second kappa shape index (κ2) is 8.06. The summed E-state index contributed by atoms with van der Waals surface area (Å²) < 4.78 is 1.21. The Morgan fingerprint density at radius 2 is 1.94 bits per heavy atom. The van der Waals surface area contributed by atoms with Crippen LogP contribution in [-0.2, 0) is 16.0 Å². The molecule has 1 atom stereocenters. The number of carboxylic acids is 1. The largest absolute Gasteiger partial charge is 0.481 e. The molecule has 3 N–H and O–H groups in total. The molecule has 2 aromatic heterocycles. The predicted octanol–water partition coefficient (Wildman–Crippen LogP) is 6.10. The maximum atomic E-state index is 13.0. The molecule has 0 saturated carbocycles. The van der Waals surface area contributed by atoms with Crippen molar-refractivity contribution in [3.05, 3.63) is 76.6 Å². The number of anilines is 1. The Bertz CT molecular complexity index is 1560. The lowest BCUT2D eigenvalue weighted by Crippen LogP contribution is -2.15. The summed E-state index contributed by atoms with van der Waals surface area (Å²) in [7, 11) is 0. The van der Waals surface area contributed by atoms with E-state index in [-0.39, 0.29) is 11.7 Å². The minimum Gasteiger partial charge on any atom is -0.481 e. The van der Waals surface area contributed by atoms with Crippen molar-refractivity contribution in [1.29, 1.82) is 0 Å². The molecule has 0 fully saturated rings. The molecule has 3 heterocycles. The fourth-order valence-corrected chi connectivity index (χ4v) is 6.15. The number of carboxylic acid groups (broad SMARTS) is 1. The molecule has 1 aliphatic carbocycles. The summed E-state index contributed by atoms with van der Waals surface area (Å²) in [4.78, 5) is 41.9. The van der Waals surface area contributed by atoms with E-state index in [2.05, 4.69) is 28.5 Å². The molecule has 0 bridgehead atoms. The number of Topliss-reactive ketones (excluding diaryl/α,β-unsaturated/α-hetero) is 1. The van der Waals surface area contributed by atoms with E-state index in [0.29, 0.717) is 35.2 Å². The van der Waals surface area contributed by atoms with E-state index in [4.69, 9.17) is 0 Å². The van der Waals surface area contributed by atoms with Gasteiger partial charge in [0.1, 0.15) is 0 Å². The lowest BCUT2D eigenvalue weighted by Gasteiger charge is -2.14. The van der Waals surface area contributed by atoms with Gasteiger partial charge in [-0.3, -0.25) is 14.4 Å². The standard InChI is InChI=1S/C28H22N2O4S/c1-14(28(33)34)25-21(29-19-6-4-7-22(31)26(19)25)13-18-17-10-9-16(11-20(17)30-27(18)32)24-12-15-5-2-3-8-23(15)35-24/h2-3,5,8-14,29H,4,6-7H2,1H3,(H,30,32)(H,33,34)/b18-13-. The number of carbonyl (C=O) groups excluding carboxylic acids is 2. The molecule has 35 heavy (non-hydrogen) atoms. The summed E-state index contributed by atoms with van der Waals surface area (Å²) in [5.74, 6) is -2.17. The summed E-state index contributed by atoms with van der Waals surface area (Å²) in [6.07, 6.45) is 3.52. The average molecular weight is 483 g/mol. The molecule has 2 aromatic carbocycles. The van der Waals surface area contributed by atoms with E-state index in [1.165, 1.54) is 10.1 Å². The first-order chi connectivity index (χ1) is 16.9. The number of hydrogen-bond acceptors (Lipinski definition) is 4. The Morgan fingerprint density at radius 3 is 2.74 bits per heavy atom. The highest BCUT2D eigenvalue weighted by Crippen LogP contribution is 2.41. The molecule has 2 aliphatic rings. The molecule has 174 valence electrons. The van der Waals surface area contributed by atoms with Crippen LogP contribution in [0.5, 0.6) is 0 Å². The van der Waals surface area contributed by atoms with Gasteiger partial charge in [0.2, 0.25) is 0 Å². The normalized spacial score (nSPS) is 16.9. The van der Waals surface area contributed by atoms with Gasteiger partial charge in [-0.2, -0.15) is 0 Å². The van der Waals surface area contributed by atoms with Crippen LogP contribution in [0.15, 0.2) is 48.5 Å².